The number of alkyl halides is 2. The highest BCUT2D eigenvalue weighted by molar-refractivity contribution is 5.99. The Morgan fingerprint density at radius 3 is 2.51 bits per heavy atom. The van der Waals surface area contributed by atoms with Crippen molar-refractivity contribution in [3.63, 3.8) is 0 Å². The van der Waals surface area contributed by atoms with Gasteiger partial charge in [0.25, 0.3) is 5.92 Å². The van der Waals surface area contributed by atoms with Crippen LogP contribution < -0.4 is 10.6 Å². The van der Waals surface area contributed by atoms with Crippen molar-refractivity contribution in [3.8, 4) is 0 Å². The number of Topliss-reactive ketones (excluding diaryl/α,β-unsaturated/α-hetero) is 1. The molecular formula is C27H27F3N4O3. The maximum Gasteiger partial charge on any atom is 0.272 e. The van der Waals surface area contributed by atoms with Crippen LogP contribution >= 0.6 is 0 Å². The number of anilines is 2. The lowest BCUT2D eigenvalue weighted by Crippen LogP contribution is -2.42. The highest BCUT2D eigenvalue weighted by Crippen LogP contribution is 2.35. The maximum atomic E-state index is 14.8. The molecule has 0 bridgehead atoms. The van der Waals surface area contributed by atoms with Gasteiger partial charge in [-0.3, -0.25) is 9.59 Å². The van der Waals surface area contributed by atoms with E-state index in [1.54, 1.807) is 19.1 Å². The Balaban J connectivity index is 1.43. The molecule has 1 atom stereocenters. The Hall–Kier alpha value is -3.79. The van der Waals surface area contributed by atoms with E-state index in [4.69, 9.17) is 4.74 Å². The summed E-state index contributed by atoms with van der Waals surface area (Å²) in [6.07, 6.45) is 3.12. The number of para-hydroxylation sites is 1. The zero-order valence-corrected chi connectivity index (χ0v) is 20.5. The zero-order valence-electron chi connectivity index (χ0n) is 20.5. The van der Waals surface area contributed by atoms with E-state index in [9.17, 15) is 22.8 Å². The Morgan fingerprint density at radius 1 is 1.14 bits per heavy atom. The SMILES string of the molecule is Cc1ncc(C(=O)C[C@@]2(C(=O)NCc3ccc(Nc4ccccc4C(C)(F)F)cc3F)CCOC2)cn1. The summed E-state index contributed by atoms with van der Waals surface area (Å²) in [6, 6.07) is 10.1. The average Bonchev–Trinajstić information content (AvgIpc) is 3.33. The molecule has 4 rings (SSSR count). The van der Waals surface area contributed by atoms with E-state index < -0.39 is 23.1 Å². The van der Waals surface area contributed by atoms with Crippen LogP contribution in [0.5, 0.6) is 0 Å². The minimum atomic E-state index is -3.07. The van der Waals surface area contributed by atoms with E-state index in [2.05, 4.69) is 20.6 Å². The van der Waals surface area contributed by atoms with Gasteiger partial charge in [0.1, 0.15) is 11.6 Å². The van der Waals surface area contributed by atoms with Gasteiger partial charge < -0.3 is 15.4 Å². The minimum Gasteiger partial charge on any atom is -0.380 e. The predicted octanol–water partition coefficient (Wildman–Crippen LogP) is 5.08. The number of aromatic nitrogens is 2. The Morgan fingerprint density at radius 2 is 1.86 bits per heavy atom. The molecular weight excluding hydrogens is 485 g/mol. The van der Waals surface area contributed by atoms with Crippen LogP contribution in [0.25, 0.3) is 0 Å². The molecule has 3 aromatic rings. The first-order chi connectivity index (χ1) is 17.6. The van der Waals surface area contributed by atoms with Crippen molar-refractivity contribution in [3.05, 3.63) is 83.2 Å². The lowest BCUT2D eigenvalue weighted by molar-refractivity contribution is -0.131. The summed E-state index contributed by atoms with van der Waals surface area (Å²) in [7, 11) is 0. The summed E-state index contributed by atoms with van der Waals surface area (Å²) in [5, 5.41) is 5.56. The molecule has 194 valence electrons. The summed E-state index contributed by atoms with van der Waals surface area (Å²) in [6.45, 7) is 2.79. The fourth-order valence-electron chi connectivity index (χ4n) is 4.21. The maximum absolute atomic E-state index is 14.8. The standard InChI is InChI=1S/C27H27F3N4O3/c1-17-31-14-19(15-32-17)24(35)12-27(9-10-37-16-27)25(36)33-13-18-7-8-20(11-22(18)28)34-23-6-4-3-5-21(23)26(2,29)30/h3-8,11,14-15,34H,9-10,12-13,16H2,1-2H3,(H,33,36)/t27-/m0/s1. The van der Waals surface area contributed by atoms with Crippen molar-refractivity contribution in [1.29, 1.82) is 0 Å². The number of carbonyl (C=O) groups is 2. The van der Waals surface area contributed by atoms with Crippen LogP contribution in [0.3, 0.4) is 0 Å². The van der Waals surface area contributed by atoms with Gasteiger partial charge in [0.05, 0.1) is 17.6 Å². The van der Waals surface area contributed by atoms with Gasteiger partial charge in [-0.1, -0.05) is 24.3 Å². The van der Waals surface area contributed by atoms with Crippen molar-refractivity contribution < 1.29 is 27.5 Å². The molecule has 1 saturated heterocycles. The van der Waals surface area contributed by atoms with E-state index in [1.807, 2.05) is 0 Å². The molecule has 1 aromatic heterocycles. The fourth-order valence-corrected chi connectivity index (χ4v) is 4.21. The predicted molar refractivity (Wildman–Crippen MR) is 131 cm³/mol. The van der Waals surface area contributed by atoms with Gasteiger partial charge in [-0.05, 0) is 31.5 Å². The van der Waals surface area contributed by atoms with Crippen molar-refractivity contribution in [2.45, 2.75) is 39.2 Å². The lowest BCUT2D eigenvalue weighted by atomic mass is 9.80. The molecule has 0 spiro atoms. The van der Waals surface area contributed by atoms with Crippen LogP contribution in [0.2, 0.25) is 0 Å². The van der Waals surface area contributed by atoms with Crippen LogP contribution in [0, 0.1) is 18.2 Å². The molecule has 2 heterocycles. The van der Waals surface area contributed by atoms with Gasteiger partial charge in [-0.15, -0.1) is 0 Å². The summed E-state index contributed by atoms with van der Waals surface area (Å²) in [5.41, 5.74) is -0.308. The smallest absolute Gasteiger partial charge is 0.272 e. The van der Waals surface area contributed by atoms with Crippen molar-refractivity contribution in [1.82, 2.24) is 15.3 Å². The molecule has 2 N–H and O–H groups in total. The topological polar surface area (TPSA) is 93.2 Å². The van der Waals surface area contributed by atoms with Gasteiger partial charge in [0, 0.05) is 61.4 Å². The summed E-state index contributed by atoms with van der Waals surface area (Å²) in [4.78, 5) is 34.0. The number of amides is 1. The first-order valence-corrected chi connectivity index (χ1v) is 11.8. The number of hydrogen-bond donors (Lipinski definition) is 2. The van der Waals surface area contributed by atoms with Crippen molar-refractivity contribution in [2.24, 2.45) is 5.41 Å². The number of nitrogens with one attached hydrogen (secondary N) is 2. The number of benzene rings is 2. The molecule has 0 radical (unpaired) electrons. The van der Waals surface area contributed by atoms with E-state index >= 15 is 0 Å². The largest absolute Gasteiger partial charge is 0.380 e. The number of aryl methyl sites for hydroxylation is 1. The van der Waals surface area contributed by atoms with Crippen LogP contribution in [-0.2, 0) is 22.0 Å². The summed E-state index contributed by atoms with van der Waals surface area (Å²) < 4.78 is 48.1. The lowest BCUT2D eigenvalue weighted by Gasteiger charge is -2.25. The molecule has 0 aliphatic carbocycles. The summed E-state index contributed by atoms with van der Waals surface area (Å²) >= 11 is 0. The van der Waals surface area contributed by atoms with Gasteiger partial charge in [0.15, 0.2) is 5.78 Å². The molecule has 2 aromatic carbocycles. The first kappa shape index (κ1) is 26.3. The number of ether oxygens (including phenoxy) is 1. The van der Waals surface area contributed by atoms with E-state index in [0.717, 1.165) is 6.92 Å². The second-order valence-corrected chi connectivity index (χ2v) is 9.25. The third-order valence-electron chi connectivity index (χ3n) is 6.36. The van der Waals surface area contributed by atoms with Crippen LogP contribution in [0.15, 0.2) is 54.9 Å². The molecule has 37 heavy (non-hydrogen) atoms. The van der Waals surface area contributed by atoms with Gasteiger partial charge in [-0.2, -0.15) is 0 Å². The van der Waals surface area contributed by atoms with E-state index in [1.165, 1.54) is 42.7 Å². The number of carbonyl (C=O) groups excluding carboxylic acids is 2. The monoisotopic (exact) mass is 512 g/mol. The van der Waals surface area contributed by atoms with Gasteiger partial charge >= 0.3 is 0 Å². The van der Waals surface area contributed by atoms with Gasteiger partial charge in [0.2, 0.25) is 5.91 Å². The second-order valence-electron chi connectivity index (χ2n) is 9.25. The molecule has 7 nitrogen and oxygen atoms in total. The van der Waals surface area contributed by atoms with E-state index in [-0.39, 0.29) is 47.9 Å². The Labute approximate surface area is 212 Å². The molecule has 10 heteroatoms. The zero-order chi connectivity index (χ0) is 26.6. The van der Waals surface area contributed by atoms with Crippen molar-refractivity contribution >= 4 is 23.1 Å². The quantitative estimate of drug-likeness (QED) is 0.389. The van der Waals surface area contributed by atoms with Crippen molar-refractivity contribution in [2.75, 3.05) is 18.5 Å². The summed E-state index contributed by atoms with van der Waals surface area (Å²) in [5.74, 6) is -3.84. The molecule has 0 unspecified atom stereocenters. The van der Waals surface area contributed by atoms with Crippen LogP contribution in [0.4, 0.5) is 24.5 Å². The number of hydrogen-bond acceptors (Lipinski definition) is 6. The number of rotatable bonds is 9. The average molecular weight is 513 g/mol. The fraction of sp³-hybridized carbons (Fsp3) is 0.333. The van der Waals surface area contributed by atoms with Crippen LogP contribution in [0.1, 0.15) is 47.1 Å². The molecule has 1 fully saturated rings. The Bertz CT molecular complexity index is 1290. The number of halogens is 3. The minimum absolute atomic E-state index is 0.0735. The molecule has 1 amide bonds. The molecule has 0 saturated carbocycles. The Kier molecular flexibility index (Phi) is 7.58. The van der Waals surface area contributed by atoms with Gasteiger partial charge in [-0.25, -0.2) is 23.1 Å². The van der Waals surface area contributed by atoms with E-state index in [0.29, 0.717) is 24.4 Å². The third-order valence-corrected chi connectivity index (χ3v) is 6.36. The van der Waals surface area contributed by atoms with Crippen LogP contribution in [-0.4, -0.2) is 34.9 Å². The highest BCUT2D eigenvalue weighted by Gasteiger charge is 2.44. The third kappa shape index (κ3) is 6.14. The first-order valence-electron chi connectivity index (χ1n) is 11.8. The molecule has 1 aliphatic heterocycles. The molecule has 1 aliphatic rings. The number of nitrogens with zero attached hydrogens (tertiary/aromatic N) is 2. The normalized spacial score (nSPS) is 17.4. The number of ketones is 1. The highest BCUT2D eigenvalue weighted by atomic mass is 19.3. The second kappa shape index (κ2) is 10.7.